The maximum atomic E-state index is 13.5. The summed E-state index contributed by atoms with van der Waals surface area (Å²) in [5.74, 6) is -0.577. The molecule has 1 heterocycles. The molecule has 186 valence electrons. The van der Waals surface area contributed by atoms with Crippen molar-refractivity contribution in [1.29, 1.82) is 0 Å². The highest BCUT2D eigenvalue weighted by atomic mass is 32.1. The lowest BCUT2D eigenvalue weighted by Gasteiger charge is -2.30. The van der Waals surface area contributed by atoms with E-state index in [1.807, 2.05) is 27.7 Å². The van der Waals surface area contributed by atoms with Crippen LogP contribution in [0.3, 0.4) is 0 Å². The van der Waals surface area contributed by atoms with Gasteiger partial charge in [-0.3, -0.25) is 19.0 Å². The molecule has 1 amide bonds. The lowest BCUT2D eigenvalue weighted by atomic mass is 9.91. The van der Waals surface area contributed by atoms with Crippen molar-refractivity contribution >= 4 is 35.2 Å². The summed E-state index contributed by atoms with van der Waals surface area (Å²) in [6, 6.07) is 4.72. The smallest absolute Gasteiger partial charge is 0.336 e. The highest BCUT2D eigenvalue weighted by Gasteiger charge is 2.32. The molecule has 34 heavy (non-hydrogen) atoms. The van der Waals surface area contributed by atoms with Crippen LogP contribution in [0.4, 0.5) is 13.2 Å². The minimum absolute atomic E-state index is 0.0121. The first-order valence-corrected chi connectivity index (χ1v) is 11.8. The molecule has 9 heteroatoms. The summed E-state index contributed by atoms with van der Waals surface area (Å²) in [5, 5.41) is 0. The van der Waals surface area contributed by atoms with Gasteiger partial charge in [0, 0.05) is 23.6 Å². The molecule has 0 aliphatic heterocycles. The van der Waals surface area contributed by atoms with Gasteiger partial charge >= 0.3 is 6.18 Å². The molecule has 0 saturated heterocycles. The lowest BCUT2D eigenvalue weighted by molar-refractivity contribution is -0.138. The molecule has 0 N–H and O–H groups in total. The predicted octanol–water partition coefficient (Wildman–Crippen LogP) is 3.80. The van der Waals surface area contributed by atoms with E-state index in [0.29, 0.717) is 0 Å². The van der Waals surface area contributed by atoms with Gasteiger partial charge in [0.05, 0.1) is 10.1 Å². The van der Waals surface area contributed by atoms with E-state index in [1.54, 1.807) is 25.7 Å². The third kappa shape index (κ3) is 6.46. The Balaban J connectivity index is 2.76. The summed E-state index contributed by atoms with van der Waals surface area (Å²) < 4.78 is 41.8. The number of rotatable bonds is 6. The molecule has 2 aromatic rings. The molecule has 0 aliphatic carbocycles. The van der Waals surface area contributed by atoms with E-state index >= 15 is 0 Å². The number of carbonyl (C=O) groups is 2. The van der Waals surface area contributed by atoms with E-state index in [-0.39, 0.29) is 45.1 Å². The number of hydrogen-bond donors (Lipinski definition) is 0. The number of amides is 1. The van der Waals surface area contributed by atoms with Crippen LogP contribution >= 0.6 is 11.3 Å². The van der Waals surface area contributed by atoms with E-state index < -0.39 is 22.7 Å². The average molecular weight is 497 g/mol. The third-order valence-electron chi connectivity index (χ3n) is 5.18. The van der Waals surface area contributed by atoms with Crippen LogP contribution < -0.4 is 14.8 Å². The molecule has 5 nitrogen and oxygen atoms in total. The van der Waals surface area contributed by atoms with Crippen LogP contribution in [0, 0.1) is 5.41 Å². The Morgan fingerprint density at radius 2 is 1.62 bits per heavy atom. The van der Waals surface area contributed by atoms with Crippen LogP contribution in [0.15, 0.2) is 29.1 Å². The van der Waals surface area contributed by atoms with Crippen molar-refractivity contribution in [3.8, 4) is 0 Å². The number of aromatic nitrogens is 1. The summed E-state index contributed by atoms with van der Waals surface area (Å²) in [6.07, 6.45) is -2.13. The van der Waals surface area contributed by atoms with Gasteiger partial charge in [0.1, 0.15) is 11.2 Å². The number of carbonyl (C=O) groups excluding carboxylic acids is 2. The summed E-state index contributed by atoms with van der Waals surface area (Å²) in [5.41, 5.74) is -2.38. The van der Waals surface area contributed by atoms with Gasteiger partial charge in [-0.1, -0.05) is 39.0 Å². The number of halogens is 3. The molecule has 0 unspecified atom stereocenters. The number of Topliss-reactive ketones (excluding diaryl/α,β-unsaturated/α-hetero) is 1. The number of benzene rings is 1. The van der Waals surface area contributed by atoms with Crippen LogP contribution in [-0.2, 0) is 22.3 Å². The minimum atomic E-state index is -4.59. The Bertz CT molecular complexity index is 1220. The van der Waals surface area contributed by atoms with E-state index in [1.165, 1.54) is 34.9 Å². The molecule has 0 radical (unpaired) electrons. The molecule has 1 aromatic carbocycles. The summed E-state index contributed by atoms with van der Waals surface area (Å²) in [4.78, 5) is 40.6. The van der Waals surface area contributed by atoms with Gasteiger partial charge < -0.3 is 4.90 Å². The molecule has 0 saturated carbocycles. The Morgan fingerprint density at radius 1 is 1.06 bits per heavy atom. The van der Waals surface area contributed by atoms with Crippen LogP contribution in [0.25, 0.3) is 12.2 Å². The molecule has 0 bridgehead atoms. The fraction of sp³-hybridized carbons (Fsp3) is 0.480. The standard InChI is InChI=1S/C25H31F3N2O3S/c1-15(2)30(16(3)4)21(32)14-29-22(13-20(31)24(5,6)7)34-19(23(29)33)12-17-10-8-9-11-18(17)25(26,27)28/h8-13,15-16H,14H2,1-7H3. The zero-order chi connectivity index (χ0) is 26.0. The second-order valence-electron chi connectivity index (χ2n) is 9.67. The number of ketones is 1. The van der Waals surface area contributed by atoms with Crippen LogP contribution in [0.2, 0.25) is 0 Å². The molecular formula is C25H31F3N2O3S. The predicted molar refractivity (Wildman–Crippen MR) is 129 cm³/mol. The van der Waals surface area contributed by atoms with Crippen molar-refractivity contribution in [3.05, 3.63) is 54.9 Å². The number of thiazole rings is 1. The van der Waals surface area contributed by atoms with Crippen LogP contribution in [0.5, 0.6) is 0 Å². The molecule has 0 aliphatic rings. The summed E-state index contributed by atoms with van der Waals surface area (Å²) >= 11 is 0.896. The molecule has 0 spiro atoms. The molecule has 0 atom stereocenters. The van der Waals surface area contributed by atoms with E-state index in [4.69, 9.17) is 0 Å². The average Bonchev–Trinajstić information content (AvgIpc) is 2.95. The highest BCUT2D eigenvalue weighted by Crippen LogP contribution is 2.32. The molecule has 0 fully saturated rings. The fourth-order valence-corrected chi connectivity index (χ4v) is 4.57. The zero-order valence-corrected chi connectivity index (χ0v) is 21.3. The topological polar surface area (TPSA) is 59.4 Å². The van der Waals surface area contributed by atoms with Gasteiger partial charge in [-0.15, -0.1) is 11.3 Å². The third-order valence-corrected chi connectivity index (χ3v) is 6.24. The maximum absolute atomic E-state index is 13.5. The van der Waals surface area contributed by atoms with Gasteiger partial charge in [0.2, 0.25) is 5.91 Å². The van der Waals surface area contributed by atoms with Crippen LogP contribution in [0.1, 0.15) is 59.6 Å². The minimum Gasteiger partial charge on any atom is -0.336 e. The maximum Gasteiger partial charge on any atom is 0.416 e. The summed E-state index contributed by atoms with van der Waals surface area (Å²) in [6.45, 7) is 12.3. The Hall–Kier alpha value is -2.68. The van der Waals surface area contributed by atoms with Crippen molar-refractivity contribution in [1.82, 2.24) is 9.47 Å². The lowest BCUT2D eigenvalue weighted by Crippen LogP contribution is -2.46. The van der Waals surface area contributed by atoms with Gasteiger partial charge in [-0.2, -0.15) is 13.2 Å². The normalized spacial score (nSPS) is 13.8. The first-order valence-electron chi connectivity index (χ1n) is 11.0. The largest absolute Gasteiger partial charge is 0.416 e. The highest BCUT2D eigenvalue weighted by molar-refractivity contribution is 7.07. The summed E-state index contributed by atoms with van der Waals surface area (Å²) in [7, 11) is 0. The fourth-order valence-electron chi connectivity index (χ4n) is 3.53. The van der Waals surface area contributed by atoms with Gasteiger partial charge in [0.15, 0.2) is 5.78 Å². The monoisotopic (exact) mass is 496 g/mol. The van der Waals surface area contributed by atoms with Gasteiger partial charge in [-0.25, -0.2) is 0 Å². The van der Waals surface area contributed by atoms with Crippen molar-refractivity contribution in [2.75, 3.05) is 0 Å². The van der Waals surface area contributed by atoms with E-state index in [9.17, 15) is 27.6 Å². The molecule has 1 aromatic heterocycles. The van der Waals surface area contributed by atoms with Crippen LogP contribution in [-0.4, -0.2) is 33.2 Å². The molecular weight excluding hydrogens is 465 g/mol. The number of alkyl halides is 3. The Labute approximate surface area is 201 Å². The van der Waals surface area contributed by atoms with Crippen molar-refractivity contribution < 1.29 is 22.8 Å². The first kappa shape index (κ1) is 27.6. The number of hydrogen-bond acceptors (Lipinski definition) is 4. The van der Waals surface area contributed by atoms with Gasteiger partial charge in [-0.05, 0) is 45.4 Å². The Morgan fingerprint density at radius 3 is 2.12 bits per heavy atom. The second kappa shape index (κ2) is 10.3. The second-order valence-corrected chi connectivity index (χ2v) is 10.7. The van der Waals surface area contributed by atoms with Crippen molar-refractivity contribution in [3.63, 3.8) is 0 Å². The quantitative estimate of drug-likeness (QED) is 0.611. The van der Waals surface area contributed by atoms with Crippen molar-refractivity contribution in [2.45, 2.75) is 73.3 Å². The van der Waals surface area contributed by atoms with Crippen molar-refractivity contribution in [2.24, 2.45) is 5.41 Å². The number of nitrogens with zero attached hydrogens (tertiary/aromatic N) is 2. The Kier molecular flexibility index (Phi) is 8.35. The first-order chi connectivity index (χ1) is 15.5. The SMILES string of the molecule is CC(C)N(C(=O)Cn1c(=CC(=O)C(C)(C)C)sc(=Cc2ccccc2C(F)(F)F)c1=O)C(C)C. The van der Waals surface area contributed by atoms with E-state index in [0.717, 1.165) is 17.4 Å². The molecule has 2 rings (SSSR count). The van der Waals surface area contributed by atoms with E-state index in [2.05, 4.69) is 0 Å². The zero-order valence-electron chi connectivity index (χ0n) is 20.5. The van der Waals surface area contributed by atoms with Gasteiger partial charge in [0.25, 0.3) is 5.56 Å².